The highest BCUT2D eigenvalue weighted by molar-refractivity contribution is 9.10. The summed E-state index contributed by atoms with van der Waals surface area (Å²) in [6, 6.07) is 8.88. The number of nitrogens with one attached hydrogen (secondary N) is 1. The summed E-state index contributed by atoms with van der Waals surface area (Å²) in [5.74, 6) is 0.595. The average Bonchev–Trinajstić information content (AvgIpc) is 2.38. The minimum atomic E-state index is -0.0747. The van der Waals surface area contributed by atoms with Crippen molar-refractivity contribution in [3.8, 4) is 5.75 Å². The van der Waals surface area contributed by atoms with Crippen molar-refractivity contribution in [3.05, 3.63) is 57.3 Å². The maximum Gasteiger partial charge on any atom is 0.142 e. The van der Waals surface area contributed by atoms with E-state index in [1.54, 1.807) is 30.5 Å². The molecule has 0 unspecified atom stereocenters. The van der Waals surface area contributed by atoms with E-state index in [0.29, 0.717) is 16.5 Å². The van der Waals surface area contributed by atoms with Crippen molar-refractivity contribution < 1.29 is 4.74 Å². The second kappa shape index (κ2) is 6.04. The first-order valence-corrected chi connectivity index (χ1v) is 6.61. The predicted molar refractivity (Wildman–Crippen MR) is 78.7 cm³/mol. The third kappa shape index (κ3) is 3.45. The van der Waals surface area contributed by atoms with Crippen molar-refractivity contribution in [2.75, 3.05) is 0 Å². The van der Waals surface area contributed by atoms with Crippen LogP contribution in [-0.4, -0.2) is 10.8 Å². The summed E-state index contributed by atoms with van der Waals surface area (Å²) in [7, 11) is 0. The summed E-state index contributed by atoms with van der Waals surface area (Å²) in [4.78, 5) is 4.06. The van der Waals surface area contributed by atoms with Gasteiger partial charge in [0, 0.05) is 16.8 Å². The van der Waals surface area contributed by atoms with E-state index < -0.39 is 0 Å². The van der Waals surface area contributed by atoms with E-state index in [9.17, 15) is 0 Å². The number of nitrogens with zero attached hydrogens (tertiary/aromatic N) is 1. The van der Waals surface area contributed by atoms with Crippen LogP contribution in [0.1, 0.15) is 11.3 Å². The Kier molecular flexibility index (Phi) is 4.39. The molecular weight excluding hydrogens is 330 g/mol. The van der Waals surface area contributed by atoms with Gasteiger partial charge in [0.25, 0.3) is 0 Å². The van der Waals surface area contributed by atoms with Crippen LogP contribution in [0.3, 0.4) is 0 Å². The van der Waals surface area contributed by atoms with Gasteiger partial charge in [-0.1, -0.05) is 17.7 Å². The Labute approximate surface area is 124 Å². The number of rotatable bonds is 4. The highest BCUT2D eigenvalue weighted by atomic mass is 79.9. The number of hydrogen-bond acceptors (Lipinski definition) is 3. The van der Waals surface area contributed by atoms with Gasteiger partial charge < -0.3 is 10.5 Å². The van der Waals surface area contributed by atoms with E-state index in [0.717, 1.165) is 10.0 Å². The van der Waals surface area contributed by atoms with E-state index in [2.05, 4.69) is 20.9 Å². The van der Waals surface area contributed by atoms with Crippen LogP contribution < -0.4 is 10.5 Å². The topological polar surface area (TPSA) is 72.0 Å². The zero-order valence-electron chi connectivity index (χ0n) is 9.86. The van der Waals surface area contributed by atoms with Gasteiger partial charge in [0.1, 0.15) is 23.9 Å². The van der Waals surface area contributed by atoms with E-state index in [1.165, 1.54) is 0 Å². The first kappa shape index (κ1) is 13.8. The monoisotopic (exact) mass is 339 g/mol. The summed E-state index contributed by atoms with van der Waals surface area (Å²) in [5, 5.41) is 8.09. The van der Waals surface area contributed by atoms with Gasteiger partial charge in [-0.05, 0) is 40.2 Å². The molecule has 1 heterocycles. The first-order chi connectivity index (χ1) is 9.08. The number of aromatic nitrogens is 1. The van der Waals surface area contributed by atoms with E-state index in [1.807, 2.05) is 6.07 Å². The fourth-order valence-corrected chi connectivity index (χ4v) is 2.34. The molecule has 6 heteroatoms. The van der Waals surface area contributed by atoms with Crippen LogP contribution in [0.15, 0.2) is 41.0 Å². The Morgan fingerprint density at radius 3 is 2.89 bits per heavy atom. The van der Waals surface area contributed by atoms with E-state index >= 15 is 0 Å². The van der Waals surface area contributed by atoms with Gasteiger partial charge in [-0.3, -0.25) is 10.4 Å². The van der Waals surface area contributed by atoms with Crippen LogP contribution in [0.25, 0.3) is 0 Å². The summed E-state index contributed by atoms with van der Waals surface area (Å²) in [6.07, 6.45) is 1.60. The molecule has 0 amide bonds. The molecule has 0 bridgehead atoms. The Balaban J connectivity index is 2.17. The van der Waals surface area contributed by atoms with E-state index in [-0.39, 0.29) is 12.4 Å². The molecule has 3 N–H and O–H groups in total. The van der Waals surface area contributed by atoms with Crippen LogP contribution >= 0.6 is 27.5 Å². The van der Waals surface area contributed by atoms with Gasteiger partial charge in [0.2, 0.25) is 0 Å². The third-order valence-electron chi connectivity index (χ3n) is 2.42. The Hall–Kier alpha value is -1.59. The standard InChI is InChI=1S/C13H11BrClN3O/c14-10-6-9(15)3-4-11(10)19-7-8-2-1-5-18-12(8)13(16)17/h1-6H,7H2,(H3,16,17). The number of nitrogens with two attached hydrogens (primary N) is 1. The number of benzene rings is 1. The number of ether oxygens (including phenoxy) is 1. The van der Waals surface area contributed by atoms with Crippen molar-refractivity contribution in [1.82, 2.24) is 4.98 Å². The molecule has 0 radical (unpaired) electrons. The molecule has 1 aromatic heterocycles. The number of pyridine rings is 1. The lowest BCUT2D eigenvalue weighted by Crippen LogP contribution is -2.16. The third-order valence-corrected chi connectivity index (χ3v) is 3.28. The zero-order valence-corrected chi connectivity index (χ0v) is 12.2. The summed E-state index contributed by atoms with van der Waals surface area (Å²) < 4.78 is 6.44. The lowest BCUT2D eigenvalue weighted by atomic mass is 10.2. The number of amidine groups is 1. The maximum atomic E-state index is 7.46. The molecule has 0 saturated heterocycles. The molecule has 2 rings (SSSR count). The molecule has 1 aromatic carbocycles. The van der Waals surface area contributed by atoms with Crippen LogP contribution in [0.5, 0.6) is 5.75 Å². The van der Waals surface area contributed by atoms with Gasteiger partial charge in [-0.15, -0.1) is 0 Å². The van der Waals surface area contributed by atoms with E-state index in [4.69, 9.17) is 27.5 Å². The van der Waals surface area contributed by atoms with Crippen LogP contribution in [0, 0.1) is 5.41 Å². The molecule has 4 nitrogen and oxygen atoms in total. The van der Waals surface area contributed by atoms with Crippen molar-refractivity contribution in [2.45, 2.75) is 6.61 Å². The SMILES string of the molecule is N=C(N)c1ncccc1COc1ccc(Cl)cc1Br. The first-order valence-electron chi connectivity index (χ1n) is 5.44. The van der Waals surface area contributed by atoms with Gasteiger partial charge in [0.15, 0.2) is 0 Å². The highest BCUT2D eigenvalue weighted by Gasteiger charge is 2.08. The van der Waals surface area contributed by atoms with Crippen molar-refractivity contribution >= 4 is 33.4 Å². The lowest BCUT2D eigenvalue weighted by Gasteiger charge is -2.10. The molecule has 0 spiro atoms. The smallest absolute Gasteiger partial charge is 0.142 e. The van der Waals surface area contributed by atoms with Gasteiger partial charge in [-0.2, -0.15) is 0 Å². The van der Waals surface area contributed by atoms with Crippen LogP contribution in [-0.2, 0) is 6.61 Å². The fourth-order valence-electron chi connectivity index (χ4n) is 1.55. The van der Waals surface area contributed by atoms with Gasteiger partial charge in [0.05, 0.1) is 4.47 Å². The second-order valence-electron chi connectivity index (χ2n) is 3.79. The number of halogens is 2. The summed E-state index contributed by atoms with van der Waals surface area (Å²) in [5.41, 5.74) is 6.67. The Morgan fingerprint density at radius 1 is 1.42 bits per heavy atom. The lowest BCUT2D eigenvalue weighted by molar-refractivity contribution is 0.303. The molecule has 0 aliphatic heterocycles. The summed E-state index contributed by atoms with van der Waals surface area (Å²) in [6.45, 7) is 0.281. The second-order valence-corrected chi connectivity index (χ2v) is 5.08. The fraction of sp³-hybridized carbons (Fsp3) is 0.0769. The largest absolute Gasteiger partial charge is 0.488 e. The van der Waals surface area contributed by atoms with Crippen LogP contribution in [0.2, 0.25) is 5.02 Å². The molecule has 19 heavy (non-hydrogen) atoms. The van der Waals surface area contributed by atoms with Crippen molar-refractivity contribution in [1.29, 1.82) is 5.41 Å². The minimum Gasteiger partial charge on any atom is -0.488 e. The van der Waals surface area contributed by atoms with Gasteiger partial charge in [-0.25, -0.2) is 0 Å². The molecule has 98 valence electrons. The van der Waals surface area contributed by atoms with Crippen molar-refractivity contribution in [2.24, 2.45) is 5.73 Å². The molecular formula is C13H11BrClN3O. The quantitative estimate of drug-likeness (QED) is 0.662. The summed E-state index contributed by atoms with van der Waals surface area (Å²) >= 11 is 9.24. The zero-order chi connectivity index (χ0) is 13.8. The van der Waals surface area contributed by atoms with Gasteiger partial charge >= 0.3 is 0 Å². The molecule has 0 aliphatic rings. The number of nitrogen functional groups attached to an aromatic ring is 1. The maximum absolute atomic E-state index is 7.46. The van der Waals surface area contributed by atoms with Crippen molar-refractivity contribution in [3.63, 3.8) is 0 Å². The minimum absolute atomic E-state index is 0.0747. The Morgan fingerprint density at radius 2 is 2.21 bits per heavy atom. The molecule has 0 atom stereocenters. The van der Waals surface area contributed by atoms with Crippen LogP contribution in [0.4, 0.5) is 0 Å². The average molecular weight is 341 g/mol. The molecule has 0 fully saturated rings. The molecule has 2 aromatic rings. The molecule has 0 saturated carbocycles. The number of hydrogen-bond donors (Lipinski definition) is 2. The normalized spacial score (nSPS) is 10.2. The Bertz CT molecular complexity index is 619. The molecule has 0 aliphatic carbocycles. The predicted octanol–water partition coefficient (Wildman–Crippen LogP) is 3.36. The highest BCUT2D eigenvalue weighted by Crippen LogP contribution is 2.28.